The van der Waals surface area contributed by atoms with Gasteiger partial charge in [0.15, 0.2) is 0 Å². The summed E-state index contributed by atoms with van der Waals surface area (Å²) in [7, 11) is 0. The number of amides is 1. The molecule has 3 rings (SSSR count). The number of carboxylic acid groups (broad SMARTS) is 1. The molecule has 0 aliphatic carbocycles. The third kappa shape index (κ3) is 3.68. The van der Waals surface area contributed by atoms with Gasteiger partial charge in [-0.15, -0.1) is 0 Å². The molecular weight excluding hydrogens is 328 g/mol. The van der Waals surface area contributed by atoms with Crippen molar-refractivity contribution in [2.75, 3.05) is 6.54 Å². The second kappa shape index (κ2) is 7.01. The fourth-order valence-corrected chi connectivity index (χ4v) is 3.03. The number of nitrogens with zero attached hydrogens (tertiary/aromatic N) is 1. The van der Waals surface area contributed by atoms with Crippen LogP contribution in [0.2, 0.25) is 0 Å². The molecule has 4 nitrogen and oxygen atoms in total. The highest BCUT2D eigenvalue weighted by Crippen LogP contribution is 2.25. The van der Waals surface area contributed by atoms with Crippen LogP contribution in [0.1, 0.15) is 33.5 Å². The molecule has 1 aliphatic heterocycles. The quantitative estimate of drug-likeness (QED) is 0.926. The van der Waals surface area contributed by atoms with Crippen molar-refractivity contribution < 1.29 is 23.5 Å². The third-order valence-electron chi connectivity index (χ3n) is 4.48. The smallest absolute Gasteiger partial charge is 0.335 e. The van der Waals surface area contributed by atoms with E-state index in [9.17, 15) is 18.4 Å². The van der Waals surface area contributed by atoms with Crippen LogP contribution in [0.5, 0.6) is 0 Å². The van der Waals surface area contributed by atoms with E-state index in [2.05, 4.69) is 0 Å². The largest absolute Gasteiger partial charge is 0.478 e. The summed E-state index contributed by atoms with van der Waals surface area (Å²) in [6.45, 7) is 0.444. The molecule has 0 saturated heterocycles. The van der Waals surface area contributed by atoms with Crippen LogP contribution in [0.3, 0.4) is 0 Å². The van der Waals surface area contributed by atoms with Crippen LogP contribution in [0.25, 0.3) is 0 Å². The number of halogens is 2. The SMILES string of the molecule is O=C(O)c1ccc(CCC(=O)N2CCc3c(F)ccc(F)c3C2)cc1. The van der Waals surface area contributed by atoms with E-state index in [1.807, 2.05) is 0 Å². The fraction of sp³-hybridized carbons (Fsp3) is 0.263. The summed E-state index contributed by atoms with van der Waals surface area (Å²) in [4.78, 5) is 24.7. The molecule has 0 unspecified atom stereocenters. The van der Waals surface area contributed by atoms with Crippen molar-refractivity contribution in [2.24, 2.45) is 0 Å². The summed E-state index contributed by atoms with van der Waals surface area (Å²) in [6.07, 6.45) is 1.00. The van der Waals surface area contributed by atoms with Crippen molar-refractivity contribution in [3.05, 3.63) is 70.3 Å². The van der Waals surface area contributed by atoms with Crippen molar-refractivity contribution in [3.8, 4) is 0 Å². The predicted molar refractivity (Wildman–Crippen MR) is 87.2 cm³/mol. The van der Waals surface area contributed by atoms with E-state index in [-0.39, 0.29) is 30.0 Å². The molecule has 6 heteroatoms. The Morgan fingerprint density at radius 2 is 1.64 bits per heavy atom. The molecule has 0 saturated carbocycles. The number of aryl methyl sites for hydroxylation is 1. The van der Waals surface area contributed by atoms with Gasteiger partial charge in [0, 0.05) is 25.1 Å². The van der Waals surface area contributed by atoms with E-state index < -0.39 is 17.6 Å². The lowest BCUT2D eigenvalue weighted by Crippen LogP contribution is -2.37. The minimum absolute atomic E-state index is 0.0791. The Bertz CT molecular complexity index is 818. The van der Waals surface area contributed by atoms with E-state index >= 15 is 0 Å². The van der Waals surface area contributed by atoms with Crippen molar-refractivity contribution in [2.45, 2.75) is 25.8 Å². The summed E-state index contributed by atoms with van der Waals surface area (Å²) >= 11 is 0. The first-order valence-electron chi connectivity index (χ1n) is 8.01. The summed E-state index contributed by atoms with van der Waals surface area (Å²) in [5, 5.41) is 8.87. The van der Waals surface area contributed by atoms with E-state index in [4.69, 9.17) is 5.11 Å². The normalized spacial score (nSPS) is 13.4. The average Bonchev–Trinajstić information content (AvgIpc) is 2.63. The first-order valence-corrected chi connectivity index (χ1v) is 8.01. The Morgan fingerprint density at radius 1 is 1.00 bits per heavy atom. The molecule has 0 atom stereocenters. The van der Waals surface area contributed by atoms with Gasteiger partial charge in [-0.3, -0.25) is 4.79 Å². The molecule has 0 radical (unpaired) electrons. The van der Waals surface area contributed by atoms with Gasteiger partial charge in [0.1, 0.15) is 11.6 Å². The number of carbonyl (C=O) groups is 2. The molecule has 1 aliphatic rings. The molecule has 25 heavy (non-hydrogen) atoms. The second-order valence-corrected chi connectivity index (χ2v) is 6.05. The van der Waals surface area contributed by atoms with Crippen LogP contribution >= 0.6 is 0 Å². The molecule has 2 aromatic rings. The van der Waals surface area contributed by atoms with Crippen LogP contribution in [-0.4, -0.2) is 28.4 Å². The molecule has 1 N–H and O–H groups in total. The molecule has 2 aromatic carbocycles. The lowest BCUT2D eigenvalue weighted by atomic mass is 9.98. The Labute approximate surface area is 143 Å². The van der Waals surface area contributed by atoms with Gasteiger partial charge in [-0.1, -0.05) is 12.1 Å². The molecular formula is C19H17F2NO3. The summed E-state index contributed by atoms with van der Waals surface area (Å²) in [5.41, 5.74) is 1.66. The highest BCUT2D eigenvalue weighted by molar-refractivity contribution is 5.87. The van der Waals surface area contributed by atoms with Crippen LogP contribution in [0, 0.1) is 11.6 Å². The maximum Gasteiger partial charge on any atom is 0.335 e. The maximum atomic E-state index is 13.9. The summed E-state index contributed by atoms with van der Waals surface area (Å²) in [6, 6.07) is 8.56. The van der Waals surface area contributed by atoms with Crippen LogP contribution in [0.4, 0.5) is 8.78 Å². The lowest BCUT2D eigenvalue weighted by Gasteiger charge is -2.29. The Hall–Kier alpha value is -2.76. The first-order chi connectivity index (χ1) is 12.0. The number of carboxylic acids is 1. The van der Waals surface area contributed by atoms with Gasteiger partial charge in [-0.2, -0.15) is 0 Å². The number of aromatic carboxylic acids is 1. The van der Waals surface area contributed by atoms with Gasteiger partial charge in [0.05, 0.1) is 5.56 Å². The van der Waals surface area contributed by atoms with Gasteiger partial charge in [-0.05, 0) is 48.2 Å². The molecule has 130 valence electrons. The number of rotatable bonds is 4. The summed E-state index contributed by atoms with van der Waals surface area (Å²) in [5.74, 6) is -2.04. The number of carbonyl (C=O) groups excluding carboxylic acids is 1. The van der Waals surface area contributed by atoms with Crippen molar-refractivity contribution in [1.29, 1.82) is 0 Å². The zero-order chi connectivity index (χ0) is 18.0. The van der Waals surface area contributed by atoms with Crippen LogP contribution < -0.4 is 0 Å². The number of benzene rings is 2. The zero-order valence-corrected chi connectivity index (χ0v) is 13.5. The van der Waals surface area contributed by atoms with Gasteiger partial charge in [-0.25, -0.2) is 13.6 Å². The second-order valence-electron chi connectivity index (χ2n) is 6.05. The fourth-order valence-electron chi connectivity index (χ4n) is 3.03. The number of hydrogen-bond acceptors (Lipinski definition) is 2. The Morgan fingerprint density at radius 3 is 2.28 bits per heavy atom. The zero-order valence-electron chi connectivity index (χ0n) is 13.5. The van der Waals surface area contributed by atoms with Gasteiger partial charge in [0.25, 0.3) is 0 Å². The van der Waals surface area contributed by atoms with Crippen molar-refractivity contribution in [3.63, 3.8) is 0 Å². The van der Waals surface area contributed by atoms with Gasteiger partial charge < -0.3 is 10.0 Å². The number of hydrogen-bond donors (Lipinski definition) is 1. The minimum Gasteiger partial charge on any atom is -0.478 e. The standard InChI is InChI=1S/C19H17F2NO3/c20-16-6-7-17(21)15-11-22(10-9-14(15)16)18(23)8-3-12-1-4-13(5-2-12)19(24)25/h1-2,4-7H,3,8-11H2,(H,24,25). The average molecular weight is 345 g/mol. The molecule has 0 aromatic heterocycles. The molecule has 0 spiro atoms. The van der Waals surface area contributed by atoms with Gasteiger partial charge >= 0.3 is 5.97 Å². The molecule has 1 heterocycles. The first kappa shape index (κ1) is 17.1. The highest BCUT2D eigenvalue weighted by atomic mass is 19.1. The van der Waals surface area contributed by atoms with Gasteiger partial charge in [0.2, 0.25) is 5.91 Å². The highest BCUT2D eigenvalue weighted by Gasteiger charge is 2.25. The molecule has 1 amide bonds. The Kier molecular flexibility index (Phi) is 4.79. The summed E-state index contributed by atoms with van der Waals surface area (Å²) < 4.78 is 27.6. The van der Waals surface area contributed by atoms with E-state index in [0.29, 0.717) is 24.9 Å². The number of fused-ring (bicyclic) bond motifs is 1. The van der Waals surface area contributed by atoms with E-state index in [1.54, 1.807) is 12.1 Å². The third-order valence-corrected chi connectivity index (χ3v) is 4.48. The van der Waals surface area contributed by atoms with Crippen molar-refractivity contribution in [1.82, 2.24) is 4.90 Å². The maximum absolute atomic E-state index is 13.9. The predicted octanol–water partition coefficient (Wildman–Crippen LogP) is 3.18. The molecule has 0 fully saturated rings. The lowest BCUT2D eigenvalue weighted by molar-refractivity contribution is -0.132. The topological polar surface area (TPSA) is 57.6 Å². The minimum atomic E-state index is -0.996. The van der Waals surface area contributed by atoms with E-state index in [0.717, 1.165) is 17.7 Å². The van der Waals surface area contributed by atoms with Crippen LogP contribution in [-0.2, 0) is 24.2 Å². The molecule has 0 bridgehead atoms. The Balaban J connectivity index is 1.62. The van der Waals surface area contributed by atoms with E-state index in [1.165, 1.54) is 17.0 Å². The van der Waals surface area contributed by atoms with Crippen LogP contribution in [0.15, 0.2) is 36.4 Å². The monoisotopic (exact) mass is 345 g/mol. The van der Waals surface area contributed by atoms with Crippen molar-refractivity contribution >= 4 is 11.9 Å².